The summed E-state index contributed by atoms with van der Waals surface area (Å²) in [5, 5.41) is 11.7. The molecule has 0 unspecified atom stereocenters. The zero-order valence-electron chi connectivity index (χ0n) is 12.8. The number of benzene rings is 1. The number of hydrogen-bond acceptors (Lipinski definition) is 3. The van der Waals surface area contributed by atoms with Gasteiger partial charge in [-0.1, -0.05) is 6.92 Å². The molecule has 0 aliphatic carbocycles. The van der Waals surface area contributed by atoms with Crippen LogP contribution in [-0.4, -0.2) is 46.2 Å². The Kier molecular flexibility index (Phi) is 5.32. The van der Waals surface area contributed by atoms with E-state index in [9.17, 15) is 9.18 Å². The van der Waals surface area contributed by atoms with Crippen LogP contribution in [0.1, 0.15) is 19.2 Å². The summed E-state index contributed by atoms with van der Waals surface area (Å²) >= 11 is 0. The number of aliphatic hydroxyl groups is 1. The van der Waals surface area contributed by atoms with E-state index >= 15 is 0 Å². The van der Waals surface area contributed by atoms with E-state index in [2.05, 4.69) is 15.3 Å². The van der Waals surface area contributed by atoms with Crippen LogP contribution in [-0.2, 0) is 6.54 Å². The third kappa shape index (κ3) is 4.17. The van der Waals surface area contributed by atoms with Gasteiger partial charge in [-0.15, -0.1) is 0 Å². The number of aromatic amines is 1. The second-order valence-corrected chi connectivity index (χ2v) is 5.51. The van der Waals surface area contributed by atoms with E-state index in [0.29, 0.717) is 29.9 Å². The average Bonchev–Trinajstić information content (AvgIpc) is 2.87. The predicted molar refractivity (Wildman–Crippen MR) is 81.8 cm³/mol. The number of amides is 2. The molecule has 1 heterocycles. The number of H-pyrrole nitrogens is 1. The smallest absolute Gasteiger partial charge is 0.317 e. The number of nitrogens with one attached hydrogen (secondary N) is 2. The Morgan fingerprint density at radius 1 is 1.55 bits per heavy atom. The van der Waals surface area contributed by atoms with E-state index in [1.54, 1.807) is 13.1 Å². The van der Waals surface area contributed by atoms with Crippen LogP contribution in [0.3, 0.4) is 0 Å². The molecule has 0 radical (unpaired) electrons. The van der Waals surface area contributed by atoms with Gasteiger partial charge in [-0.3, -0.25) is 0 Å². The maximum absolute atomic E-state index is 13.1. The molecule has 2 rings (SSSR count). The predicted octanol–water partition coefficient (Wildman–Crippen LogP) is 1.86. The van der Waals surface area contributed by atoms with Crippen LogP contribution >= 0.6 is 0 Å². The highest BCUT2D eigenvalue weighted by atomic mass is 19.1. The summed E-state index contributed by atoms with van der Waals surface area (Å²) in [6.45, 7) is 2.85. The van der Waals surface area contributed by atoms with Gasteiger partial charge in [0, 0.05) is 20.2 Å². The molecule has 0 bridgehead atoms. The van der Waals surface area contributed by atoms with Crippen molar-refractivity contribution < 1.29 is 14.3 Å². The zero-order chi connectivity index (χ0) is 16.1. The quantitative estimate of drug-likeness (QED) is 0.762. The van der Waals surface area contributed by atoms with Crippen molar-refractivity contribution in [2.45, 2.75) is 19.9 Å². The van der Waals surface area contributed by atoms with E-state index in [1.807, 2.05) is 6.92 Å². The zero-order valence-corrected chi connectivity index (χ0v) is 12.8. The molecule has 0 aliphatic rings. The van der Waals surface area contributed by atoms with Crippen LogP contribution < -0.4 is 5.32 Å². The first-order valence-electron chi connectivity index (χ1n) is 7.23. The minimum atomic E-state index is -0.327. The average molecular weight is 308 g/mol. The van der Waals surface area contributed by atoms with E-state index in [4.69, 9.17) is 5.11 Å². The second-order valence-electron chi connectivity index (χ2n) is 5.51. The Bertz CT molecular complexity index is 644. The summed E-state index contributed by atoms with van der Waals surface area (Å²) in [6, 6.07) is 4.12. The topological polar surface area (TPSA) is 81.2 Å². The van der Waals surface area contributed by atoms with Crippen molar-refractivity contribution in [3.8, 4) is 0 Å². The number of imidazole rings is 1. The lowest BCUT2D eigenvalue weighted by Crippen LogP contribution is -2.38. The highest BCUT2D eigenvalue weighted by molar-refractivity contribution is 5.76. The van der Waals surface area contributed by atoms with Gasteiger partial charge in [0.15, 0.2) is 0 Å². The number of halogens is 1. The molecule has 0 saturated carbocycles. The molecule has 3 N–H and O–H groups in total. The molecule has 0 aliphatic heterocycles. The Labute approximate surface area is 128 Å². The van der Waals surface area contributed by atoms with Crippen LogP contribution in [0, 0.1) is 11.7 Å². The molecule has 22 heavy (non-hydrogen) atoms. The number of carbonyl (C=O) groups excluding carboxylic acids is 1. The molecule has 120 valence electrons. The number of aromatic nitrogens is 2. The van der Waals surface area contributed by atoms with Crippen LogP contribution in [0.5, 0.6) is 0 Å². The summed E-state index contributed by atoms with van der Waals surface area (Å²) in [5.41, 5.74) is 1.28. The van der Waals surface area contributed by atoms with Gasteiger partial charge in [0.2, 0.25) is 0 Å². The number of aliphatic hydroxyl groups excluding tert-OH is 1. The maximum atomic E-state index is 13.1. The lowest BCUT2D eigenvalue weighted by molar-refractivity contribution is 0.201. The highest BCUT2D eigenvalue weighted by Gasteiger charge is 2.12. The van der Waals surface area contributed by atoms with Gasteiger partial charge in [-0.25, -0.2) is 14.2 Å². The van der Waals surface area contributed by atoms with E-state index in [1.165, 1.54) is 17.0 Å². The minimum Gasteiger partial charge on any atom is -0.396 e. The molecule has 0 saturated heterocycles. The van der Waals surface area contributed by atoms with E-state index in [-0.39, 0.29) is 24.4 Å². The Balaban J connectivity index is 1.89. The van der Waals surface area contributed by atoms with Crippen molar-refractivity contribution in [2.75, 3.05) is 20.2 Å². The molecule has 2 aromatic rings. The van der Waals surface area contributed by atoms with Gasteiger partial charge in [-0.05, 0) is 30.5 Å². The van der Waals surface area contributed by atoms with Crippen molar-refractivity contribution in [2.24, 2.45) is 5.92 Å². The summed E-state index contributed by atoms with van der Waals surface area (Å²) in [4.78, 5) is 20.8. The summed E-state index contributed by atoms with van der Waals surface area (Å²) in [5.74, 6) is 0.435. The lowest BCUT2D eigenvalue weighted by Gasteiger charge is -2.17. The summed E-state index contributed by atoms with van der Waals surface area (Å²) in [7, 11) is 1.67. The fraction of sp³-hybridized carbons (Fsp3) is 0.467. The fourth-order valence-electron chi connectivity index (χ4n) is 2.06. The van der Waals surface area contributed by atoms with Crippen LogP contribution in [0.4, 0.5) is 9.18 Å². The van der Waals surface area contributed by atoms with Gasteiger partial charge in [0.1, 0.15) is 11.6 Å². The summed E-state index contributed by atoms with van der Waals surface area (Å²) < 4.78 is 13.1. The van der Waals surface area contributed by atoms with Crippen molar-refractivity contribution >= 4 is 17.1 Å². The third-order valence-electron chi connectivity index (χ3n) is 3.45. The van der Waals surface area contributed by atoms with Gasteiger partial charge in [0.25, 0.3) is 0 Å². The second kappa shape index (κ2) is 7.22. The number of fused-ring (bicyclic) bond motifs is 1. The standard InChI is InChI=1S/C15H21FN4O2/c1-10(9-21)5-6-17-15(22)20(2)8-14-18-12-4-3-11(16)7-13(12)19-14/h3-4,7,10,21H,5-6,8-9H2,1-2H3,(H,17,22)(H,18,19)/t10-/m1/s1. The Hall–Kier alpha value is -2.15. The molecule has 2 amide bonds. The number of hydrogen-bond donors (Lipinski definition) is 3. The monoisotopic (exact) mass is 308 g/mol. The summed E-state index contributed by atoms with van der Waals surface area (Å²) in [6.07, 6.45) is 0.722. The SMILES string of the molecule is C[C@@H](CO)CCNC(=O)N(C)Cc1nc2ccc(F)cc2[nH]1. The van der Waals surface area contributed by atoms with Crippen LogP contribution in [0.25, 0.3) is 11.0 Å². The molecule has 7 heteroatoms. The molecule has 0 fully saturated rings. The molecule has 6 nitrogen and oxygen atoms in total. The normalized spacial score (nSPS) is 12.4. The molecular weight excluding hydrogens is 287 g/mol. The molecule has 1 aromatic carbocycles. The number of rotatable bonds is 6. The molecule has 0 spiro atoms. The van der Waals surface area contributed by atoms with Gasteiger partial charge >= 0.3 is 6.03 Å². The minimum absolute atomic E-state index is 0.112. The largest absolute Gasteiger partial charge is 0.396 e. The first kappa shape index (κ1) is 16.2. The molecule has 1 atom stereocenters. The fourth-order valence-corrected chi connectivity index (χ4v) is 2.06. The molecular formula is C15H21FN4O2. The van der Waals surface area contributed by atoms with Gasteiger partial charge in [-0.2, -0.15) is 0 Å². The van der Waals surface area contributed by atoms with Crippen LogP contribution in [0.2, 0.25) is 0 Å². The first-order chi connectivity index (χ1) is 10.5. The number of urea groups is 1. The van der Waals surface area contributed by atoms with Crippen LogP contribution in [0.15, 0.2) is 18.2 Å². The van der Waals surface area contributed by atoms with Crippen molar-refractivity contribution in [1.29, 1.82) is 0 Å². The van der Waals surface area contributed by atoms with Crippen molar-refractivity contribution in [1.82, 2.24) is 20.2 Å². The lowest BCUT2D eigenvalue weighted by atomic mass is 10.1. The first-order valence-corrected chi connectivity index (χ1v) is 7.23. The Morgan fingerprint density at radius 2 is 2.32 bits per heavy atom. The van der Waals surface area contributed by atoms with Gasteiger partial charge in [0.05, 0.1) is 17.6 Å². The third-order valence-corrected chi connectivity index (χ3v) is 3.45. The molecule has 1 aromatic heterocycles. The Morgan fingerprint density at radius 3 is 3.05 bits per heavy atom. The van der Waals surface area contributed by atoms with E-state index in [0.717, 1.165) is 6.42 Å². The van der Waals surface area contributed by atoms with Gasteiger partial charge < -0.3 is 20.3 Å². The highest BCUT2D eigenvalue weighted by Crippen LogP contribution is 2.13. The van der Waals surface area contributed by atoms with Crippen molar-refractivity contribution in [3.05, 3.63) is 29.8 Å². The maximum Gasteiger partial charge on any atom is 0.317 e. The number of nitrogens with zero attached hydrogens (tertiary/aromatic N) is 2. The van der Waals surface area contributed by atoms with Crippen molar-refractivity contribution in [3.63, 3.8) is 0 Å². The number of carbonyl (C=O) groups is 1. The van der Waals surface area contributed by atoms with E-state index < -0.39 is 0 Å².